The summed E-state index contributed by atoms with van der Waals surface area (Å²) in [6.45, 7) is 0.762. The summed E-state index contributed by atoms with van der Waals surface area (Å²) in [6.07, 6.45) is 4.60. The van der Waals surface area contributed by atoms with Crippen molar-refractivity contribution >= 4 is 11.9 Å². The molecular formula is C17H23NO4. The molecule has 0 radical (unpaired) electrons. The van der Waals surface area contributed by atoms with Gasteiger partial charge in [-0.25, -0.2) is 4.79 Å². The predicted octanol–water partition coefficient (Wildman–Crippen LogP) is 2.15. The molecule has 5 nitrogen and oxygen atoms in total. The molecule has 1 aliphatic heterocycles. The van der Waals surface area contributed by atoms with Crippen LogP contribution in [0.25, 0.3) is 0 Å². The van der Waals surface area contributed by atoms with Crippen molar-refractivity contribution in [2.75, 3.05) is 6.61 Å². The van der Waals surface area contributed by atoms with Gasteiger partial charge in [0.1, 0.15) is 6.04 Å². The number of carboxylic acids is 1. The van der Waals surface area contributed by atoms with Crippen molar-refractivity contribution in [2.24, 2.45) is 0 Å². The lowest BCUT2D eigenvalue weighted by molar-refractivity contribution is -0.141. The van der Waals surface area contributed by atoms with E-state index in [4.69, 9.17) is 4.74 Å². The van der Waals surface area contributed by atoms with Gasteiger partial charge in [-0.3, -0.25) is 4.79 Å². The minimum absolute atomic E-state index is 0.136. The summed E-state index contributed by atoms with van der Waals surface area (Å²) in [4.78, 5) is 23.3. The molecule has 22 heavy (non-hydrogen) atoms. The van der Waals surface area contributed by atoms with Crippen molar-refractivity contribution in [3.05, 3.63) is 35.9 Å². The molecule has 0 spiro atoms. The van der Waals surface area contributed by atoms with Gasteiger partial charge in [0.05, 0.1) is 6.10 Å². The van der Waals surface area contributed by atoms with E-state index in [2.05, 4.69) is 5.32 Å². The highest BCUT2D eigenvalue weighted by Gasteiger charge is 2.21. The van der Waals surface area contributed by atoms with Crippen molar-refractivity contribution in [3.8, 4) is 0 Å². The predicted molar refractivity (Wildman–Crippen MR) is 82.5 cm³/mol. The summed E-state index contributed by atoms with van der Waals surface area (Å²) >= 11 is 0. The lowest BCUT2D eigenvalue weighted by Gasteiger charge is -2.22. The summed E-state index contributed by atoms with van der Waals surface area (Å²) in [5.41, 5.74) is 0.894. The van der Waals surface area contributed by atoms with Gasteiger partial charge in [-0.1, -0.05) is 30.3 Å². The zero-order valence-corrected chi connectivity index (χ0v) is 12.7. The van der Waals surface area contributed by atoms with Crippen LogP contribution in [0, 0.1) is 0 Å². The van der Waals surface area contributed by atoms with Crippen LogP contribution in [-0.4, -0.2) is 35.7 Å². The van der Waals surface area contributed by atoms with Gasteiger partial charge in [0.15, 0.2) is 0 Å². The molecule has 2 unspecified atom stereocenters. The molecule has 120 valence electrons. The molecule has 2 atom stereocenters. The quantitative estimate of drug-likeness (QED) is 0.809. The SMILES string of the molecule is O=C(CCC1CCCCO1)NC(Cc1ccccc1)C(=O)O. The number of rotatable bonds is 7. The first-order valence-electron chi connectivity index (χ1n) is 7.83. The van der Waals surface area contributed by atoms with Crippen molar-refractivity contribution in [3.63, 3.8) is 0 Å². The Morgan fingerprint density at radius 3 is 2.68 bits per heavy atom. The molecule has 5 heteroatoms. The van der Waals surface area contributed by atoms with Crippen LogP contribution >= 0.6 is 0 Å². The van der Waals surface area contributed by atoms with E-state index < -0.39 is 12.0 Å². The Hall–Kier alpha value is -1.88. The third-order valence-electron chi connectivity index (χ3n) is 3.88. The number of aliphatic carboxylic acids is 1. The van der Waals surface area contributed by atoms with E-state index in [1.807, 2.05) is 30.3 Å². The number of benzene rings is 1. The fourth-order valence-corrected chi connectivity index (χ4v) is 2.64. The van der Waals surface area contributed by atoms with Crippen LogP contribution < -0.4 is 5.32 Å². The molecule has 0 aliphatic carbocycles. The molecule has 2 rings (SSSR count). The van der Waals surface area contributed by atoms with Gasteiger partial charge < -0.3 is 15.2 Å². The standard InChI is InChI=1S/C17H23NO4/c19-16(10-9-14-8-4-5-11-22-14)18-15(17(20)21)12-13-6-2-1-3-7-13/h1-3,6-7,14-15H,4-5,8-12H2,(H,18,19)(H,20,21). The highest BCUT2D eigenvalue weighted by Crippen LogP contribution is 2.16. The molecular weight excluding hydrogens is 282 g/mol. The Morgan fingerprint density at radius 1 is 1.27 bits per heavy atom. The second-order valence-corrected chi connectivity index (χ2v) is 5.68. The molecule has 0 aromatic heterocycles. The third kappa shape index (κ3) is 5.48. The Labute approximate surface area is 130 Å². The maximum Gasteiger partial charge on any atom is 0.326 e. The van der Waals surface area contributed by atoms with E-state index in [0.717, 1.165) is 31.4 Å². The Morgan fingerprint density at radius 2 is 2.05 bits per heavy atom. The minimum atomic E-state index is -1.01. The van der Waals surface area contributed by atoms with Crippen molar-refractivity contribution in [1.29, 1.82) is 0 Å². The van der Waals surface area contributed by atoms with Crippen LogP contribution in [0.4, 0.5) is 0 Å². The monoisotopic (exact) mass is 305 g/mol. The Kier molecular flexibility index (Phi) is 6.40. The van der Waals surface area contributed by atoms with Gasteiger partial charge in [-0.05, 0) is 31.2 Å². The minimum Gasteiger partial charge on any atom is -0.480 e. The van der Waals surface area contributed by atoms with E-state index in [0.29, 0.717) is 19.3 Å². The van der Waals surface area contributed by atoms with Gasteiger partial charge in [0, 0.05) is 19.4 Å². The van der Waals surface area contributed by atoms with Gasteiger partial charge in [-0.2, -0.15) is 0 Å². The second-order valence-electron chi connectivity index (χ2n) is 5.68. The molecule has 1 amide bonds. The second kappa shape index (κ2) is 8.54. The summed E-state index contributed by atoms with van der Waals surface area (Å²) in [7, 11) is 0. The highest BCUT2D eigenvalue weighted by atomic mass is 16.5. The maximum absolute atomic E-state index is 12.0. The number of amides is 1. The number of carbonyl (C=O) groups is 2. The van der Waals surface area contributed by atoms with E-state index >= 15 is 0 Å². The highest BCUT2D eigenvalue weighted by molar-refractivity contribution is 5.83. The molecule has 1 aromatic carbocycles. The molecule has 2 N–H and O–H groups in total. The fraction of sp³-hybridized carbons (Fsp3) is 0.529. The Balaban J connectivity index is 1.79. The van der Waals surface area contributed by atoms with Crippen LogP contribution in [-0.2, 0) is 20.7 Å². The average Bonchev–Trinajstić information content (AvgIpc) is 2.54. The first-order chi connectivity index (χ1) is 10.6. The third-order valence-corrected chi connectivity index (χ3v) is 3.88. The molecule has 1 aliphatic rings. The first kappa shape index (κ1) is 16.5. The van der Waals surface area contributed by atoms with Gasteiger partial charge >= 0.3 is 5.97 Å². The van der Waals surface area contributed by atoms with E-state index in [-0.39, 0.29) is 12.0 Å². The Bertz CT molecular complexity index is 483. The number of nitrogens with one attached hydrogen (secondary N) is 1. The van der Waals surface area contributed by atoms with Crippen molar-refractivity contribution in [1.82, 2.24) is 5.32 Å². The number of carbonyl (C=O) groups excluding carboxylic acids is 1. The molecule has 1 aromatic rings. The number of ether oxygens (including phenoxy) is 1. The largest absolute Gasteiger partial charge is 0.480 e. The van der Waals surface area contributed by atoms with Crippen LogP contribution in [0.15, 0.2) is 30.3 Å². The van der Waals surface area contributed by atoms with Gasteiger partial charge in [0.2, 0.25) is 5.91 Å². The molecule has 1 fully saturated rings. The van der Waals surface area contributed by atoms with E-state index in [1.165, 1.54) is 0 Å². The van der Waals surface area contributed by atoms with Crippen molar-refractivity contribution < 1.29 is 19.4 Å². The van der Waals surface area contributed by atoms with E-state index in [9.17, 15) is 14.7 Å². The normalized spacial score (nSPS) is 19.4. The van der Waals surface area contributed by atoms with E-state index in [1.54, 1.807) is 0 Å². The van der Waals surface area contributed by atoms with Crippen LogP contribution in [0.5, 0.6) is 0 Å². The number of hydrogen-bond donors (Lipinski definition) is 2. The zero-order chi connectivity index (χ0) is 15.8. The molecule has 0 bridgehead atoms. The van der Waals surface area contributed by atoms with Crippen LogP contribution in [0.1, 0.15) is 37.7 Å². The molecule has 1 heterocycles. The first-order valence-corrected chi connectivity index (χ1v) is 7.83. The maximum atomic E-state index is 12.0. The smallest absolute Gasteiger partial charge is 0.326 e. The van der Waals surface area contributed by atoms with Crippen molar-refractivity contribution in [2.45, 2.75) is 50.7 Å². The lowest BCUT2D eigenvalue weighted by Crippen LogP contribution is -2.42. The van der Waals surface area contributed by atoms with Crippen LogP contribution in [0.3, 0.4) is 0 Å². The molecule has 0 saturated carbocycles. The number of carboxylic acid groups (broad SMARTS) is 1. The summed E-state index contributed by atoms with van der Waals surface area (Å²) in [6, 6.07) is 8.42. The lowest BCUT2D eigenvalue weighted by atomic mass is 10.0. The summed E-state index contributed by atoms with van der Waals surface area (Å²) in [5.74, 6) is -1.23. The zero-order valence-electron chi connectivity index (χ0n) is 12.7. The number of hydrogen-bond acceptors (Lipinski definition) is 3. The fourth-order valence-electron chi connectivity index (χ4n) is 2.64. The van der Waals surface area contributed by atoms with Gasteiger partial charge in [0.25, 0.3) is 0 Å². The van der Waals surface area contributed by atoms with Crippen LogP contribution in [0.2, 0.25) is 0 Å². The molecule has 1 saturated heterocycles. The summed E-state index contributed by atoms with van der Waals surface area (Å²) in [5, 5.41) is 11.9. The van der Waals surface area contributed by atoms with Gasteiger partial charge in [-0.15, -0.1) is 0 Å². The summed E-state index contributed by atoms with van der Waals surface area (Å²) < 4.78 is 5.58. The average molecular weight is 305 g/mol. The topological polar surface area (TPSA) is 75.6 Å².